The van der Waals surface area contributed by atoms with E-state index in [1.54, 1.807) is 6.92 Å². The SMILES string of the molecule is CC(=O)c1c(C(O)Nc2cccc(-c3ccccc3)c2-c2ccccc2)cccc1-n1c2ccccc2c2ccc(-c3nc(C)nc(C)n3)cc21. The quantitative estimate of drug-likeness (QED) is 0.124. The molecule has 0 aliphatic rings. The van der Waals surface area contributed by atoms with Gasteiger partial charge in [0.25, 0.3) is 0 Å². The number of aryl methyl sites for hydroxylation is 2. The first kappa shape index (κ1) is 31.8. The Morgan fingerprint density at radius 3 is 2.02 bits per heavy atom. The molecule has 0 aliphatic carbocycles. The standard InChI is InChI=1S/C44H35N5O2/c1-27(50)41-36(44(51)48-37-21-12-19-33(30-14-6-4-7-15-30)42(37)31-16-8-5-9-17-31)20-13-23-39(41)49-38-22-11-10-18-34(38)35-25-24-32(26-40(35)49)43-46-28(2)45-29(3)47-43/h4-26,44,48,51H,1-3H3. The van der Waals surface area contributed by atoms with E-state index >= 15 is 0 Å². The number of rotatable bonds is 8. The van der Waals surface area contributed by atoms with Crippen molar-refractivity contribution in [3.8, 4) is 39.3 Å². The number of aromatic nitrogens is 4. The highest BCUT2D eigenvalue weighted by Crippen LogP contribution is 2.41. The van der Waals surface area contributed by atoms with Crippen LogP contribution in [-0.4, -0.2) is 30.4 Å². The summed E-state index contributed by atoms with van der Waals surface area (Å²) in [7, 11) is 0. The first-order valence-corrected chi connectivity index (χ1v) is 16.9. The molecule has 2 aromatic heterocycles. The summed E-state index contributed by atoms with van der Waals surface area (Å²) in [6, 6.07) is 46.4. The van der Waals surface area contributed by atoms with Crippen LogP contribution < -0.4 is 5.32 Å². The highest BCUT2D eigenvalue weighted by molar-refractivity contribution is 6.11. The second kappa shape index (κ2) is 13.1. The number of para-hydroxylation sites is 1. The summed E-state index contributed by atoms with van der Waals surface area (Å²) in [5.74, 6) is 1.73. The smallest absolute Gasteiger partial charge is 0.163 e. The Kier molecular flexibility index (Phi) is 8.18. The number of hydrogen-bond acceptors (Lipinski definition) is 6. The molecule has 0 bridgehead atoms. The van der Waals surface area contributed by atoms with Gasteiger partial charge >= 0.3 is 0 Å². The van der Waals surface area contributed by atoms with Gasteiger partial charge < -0.3 is 15.0 Å². The fraction of sp³-hybridized carbons (Fsp3) is 0.0909. The van der Waals surface area contributed by atoms with Gasteiger partial charge in [-0.15, -0.1) is 0 Å². The number of nitrogens with zero attached hydrogens (tertiary/aromatic N) is 4. The first-order valence-electron chi connectivity index (χ1n) is 16.9. The fourth-order valence-corrected chi connectivity index (χ4v) is 7.14. The lowest BCUT2D eigenvalue weighted by atomic mass is 9.92. The minimum absolute atomic E-state index is 0.159. The second-order valence-corrected chi connectivity index (χ2v) is 12.6. The molecule has 1 atom stereocenters. The first-order chi connectivity index (χ1) is 24.9. The maximum Gasteiger partial charge on any atom is 0.163 e. The molecule has 0 fully saturated rings. The van der Waals surface area contributed by atoms with E-state index in [9.17, 15) is 9.90 Å². The van der Waals surface area contributed by atoms with Crippen molar-refractivity contribution in [2.75, 3.05) is 5.32 Å². The van der Waals surface area contributed by atoms with Gasteiger partial charge in [0.15, 0.2) is 17.8 Å². The van der Waals surface area contributed by atoms with E-state index in [0.717, 1.165) is 55.3 Å². The zero-order chi connectivity index (χ0) is 35.1. The average molecular weight is 666 g/mol. The number of fused-ring (bicyclic) bond motifs is 3. The van der Waals surface area contributed by atoms with Crippen molar-refractivity contribution in [2.45, 2.75) is 27.0 Å². The molecule has 0 amide bonds. The summed E-state index contributed by atoms with van der Waals surface area (Å²) in [4.78, 5) is 27.3. The Morgan fingerprint density at radius 1 is 0.647 bits per heavy atom. The lowest BCUT2D eigenvalue weighted by Gasteiger charge is -2.23. The third kappa shape index (κ3) is 5.83. The lowest BCUT2D eigenvalue weighted by molar-refractivity contribution is 0.101. The van der Waals surface area contributed by atoms with E-state index in [1.165, 1.54) is 0 Å². The number of carbonyl (C=O) groups excluding carboxylic acids is 1. The summed E-state index contributed by atoms with van der Waals surface area (Å²) in [5.41, 5.74) is 9.08. The molecule has 6 aromatic carbocycles. The second-order valence-electron chi connectivity index (χ2n) is 12.6. The van der Waals surface area contributed by atoms with E-state index in [4.69, 9.17) is 0 Å². The van der Waals surface area contributed by atoms with Crippen molar-refractivity contribution in [2.24, 2.45) is 0 Å². The number of benzene rings is 6. The Morgan fingerprint density at radius 2 is 1.29 bits per heavy atom. The van der Waals surface area contributed by atoms with Crippen molar-refractivity contribution in [3.63, 3.8) is 0 Å². The molecule has 2 heterocycles. The maximum absolute atomic E-state index is 13.7. The largest absolute Gasteiger partial charge is 0.369 e. The molecular formula is C44H35N5O2. The van der Waals surface area contributed by atoms with Gasteiger partial charge in [0.2, 0.25) is 0 Å². The van der Waals surface area contributed by atoms with Gasteiger partial charge in [-0.25, -0.2) is 15.0 Å². The number of carbonyl (C=O) groups is 1. The molecular weight excluding hydrogens is 631 g/mol. The summed E-state index contributed by atoms with van der Waals surface area (Å²) < 4.78 is 2.10. The number of anilines is 1. The van der Waals surface area contributed by atoms with E-state index < -0.39 is 6.23 Å². The minimum Gasteiger partial charge on any atom is -0.369 e. The van der Waals surface area contributed by atoms with Crippen molar-refractivity contribution < 1.29 is 9.90 Å². The number of aliphatic hydroxyl groups is 1. The molecule has 8 aromatic rings. The zero-order valence-electron chi connectivity index (χ0n) is 28.5. The predicted octanol–water partition coefficient (Wildman–Crippen LogP) is 9.89. The third-order valence-corrected chi connectivity index (χ3v) is 9.26. The van der Waals surface area contributed by atoms with Gasteiger partial charge in [0.1, 0.15) is 11.6 Å². The zero-order valence-corrected chi connectivity index (χ0v) is 28.5. The number of aliphatic hydroxyl groups excluding tert-OH is 1. The number of hydrogen-bond donors (Lipinski definition) is 2. The van der Waals surface area contributed by atoms with Gasteiger partial charge in [-0.1, -0.05) is 115 Å². The van der Waals surface area contributed by atoms with Crippen molar-refractivity contribution >= 4 is 33.3 Å². The Hall–Kier alpha value is -6.44. The summed E-state index contributed by atoms with van der Waals surface area (Å²) in [6.07, 6.45) is -1.20. The molecule has 7 heteroatoms. The van der Waals surface area contributed by atoms with E-state index in [-0.39, 0.29) is 5.78 Å². The monoisotopic (exact) mass is 665 g/mol. The highest BCUT2D eigenvalue weighted by atomic mass is 16.3. The van der Waals surface area contributed by atoms with Crippen LogP contribution in [0.5, 0.6) is 0 Å². The van der Waals surface area contributed by atoms with Crippen LogP contribution in [0.3, 0.4) is 0 Å². The fourth-order valence-electron chi connectivity index (χ4n) is 7.14. The number of Topliss-reactive ketones (excluding diaryl/α,β-unsaturated/α-hetero) is 1. The van der Waals surface area contributed by atoms with Gasteiger partial charge in [0.05, 0.1) is 16.7 Å². The minimum atomic E-state index is -1.20. The van der Waals surface area contributed by atoms with E-state index in [1.807, 2.05) is 98.8 Å². The third-order valence-electron chi connectivity index (χ3n) is 9.26. The molecule has 2 N–H and O–H groups in total. The normalized spacial score (nSPS) is 11.9. The van der Waals surface area contributed by atoms with Gasteiger partial charge in [-0.05, 0) is 61.7 Å². The average Bonchev–Trinajstić information content (AvgIpc) is 3.48. The molecule has 51 heavy (non-hydrogen) atoms. The van der Waals surface area contributed by atoms with Crippen LogP contribution in [-0.2, 0) is 0 Å². The van der Waals surface area contributed by atoms with Crippen LogP contribution in [0.2, 0.25) is 0 Å². The Labute approximate surface area is 295 Å². The molecule has 0 spiro atoms. The van der Waals surface area contributed by atoms with Crippen LogP contribution >= 0.6 is 0 Å². The summed E-state index contributed by atoms with van der Waals surface area (Å²) >= 11 is 0. The van der Waals surface area contributed by atoms with E-state index in [2.05, 4.69) is 79.4 Å². The Balaban J connectivity index is 1.29. The Bertz CT molecular complexity index is 2560. The van der Waals surface area contributed by atoms with Crippen molar-refractivity contribution in [1.29, 1.82) is 0 Å². The van der Waals surface area contributed by atoms with Crippen molar-refractivity contribution in [1.82, 2.24) is 19.5 Å². The van der Waals surface area contributed by atoms with E-state index in [0.29, 0.717) is 34.3 Å². The van der Waals surface area contributed by atoms with Gasteiger partial charge in [-0.2, -0.15) is 0 Å². The molecule has 248 valence electrons. The maximum atomic E-state index is 13.7. The molecule has 7 nitrogen and oxygen atoms in total. The highest BCUT2D eigenvalue weighted by Gasteiger charge is 2.24. The summed E-state index contributed by atoms with van der Waals surface area (Å²) in [5, 5.41) is 17.5. The molecule has 0 aliphatic heterocycles. The van der Waals surface area contributed by atoms with Gasteiger partial charge in [0, 0.05) is 38.7 Å². The van der Waals surface area contributed by atoms with Gasteiger partial charge in [-0.3, -0.25) is 4.79 Å². The molecule has 0 saturated heterocycles. The molecule has 8 rings (SSSR count). The molecule has 0 radical (unpaired) electrons. The predicted molar refractivity (Wildman–Crippen MR) is 205 cm³/mol. The van der Waals surface area contributed by atoms with Crippen LogP contribution in [0.1, 0.15) is 40.7 Å². The van der Waals surface area contributed by atoms with Crippen LogP contribution in [0.4, 0.5) is 5.69 Å². The molecule has 0 saturated carbocycles. The summed E-state index contributed by atoms with van der Waals surface area (Å²) in [6.45, 7) is 5.27. The molecule has 1 unspecified atom stereocenters. The number of ketones is 1. The van der Waals surface area contributed by atoms with Crippen LogP contribution in [0.15, 0.2) is 140 Å². The number of nitrogens with one attached hydrogen (secondary N) is 1. The van der Waals surface area contributed by atoms with Crippen LogP contribution in [0.25, 0.3) is 61.1 Å². The lowest BCUT2D eigenvalue weighted by Crippen LogP contribution is -2.16. The van der Waals surface area contributed by atoms with Crippen molar-refractivity contribution in [3.05, 3.63) is 162 Å². The topological polar surface area (TPSA) is 92.9 Å². The van der Waals surface area contributed by atoms with Crippen LogP contribution in [0, 0.1) is 13.8 Å².